The summed E-state index contributed by atoms with van der Waals surface area (Å²) in [5.74, 6) is -0.207. The van der Waals surface area contributed by atoms with Gasteiger partial charge in [-0.1, -0.05) is 17.3 Å². The lowest BCUT2D eigenvalue weighted by atomic mass is 10.2. The summed E-state index contributed by atoms with van der Waals surface area (Å²) in [6.45, 7) is 8.19. The molecule has 1 aromatic heterocycles. The van der Waals surface area contributed by atoms with Crippen molar-refractivity contribution in [1.29, 1.82) is 0 Å². The van der Waals surface area contributed by atoms with Gasteiger partial charge in [-0.25, -0.2) is 8.42 Å². The van der Waals surface area contributed by atoms with E-state index in [9.17, 15) is 13.2 Å². The minimum Gasteiger partial charge on any atom is -0.494 e. The summed E-state index contributed by atoms with van der Waals surface area (Å²) in [4.78, 5) is 12.4. The number of hydrogen-bond acceptors (Lipinski definition) is 8. The van der Waals surface area contributed by atoms with Crippen LogP contribution < -0.4 is 5.32 Å². The Labute approximate surface area is 173 Å². The molecular formula is C19H20N4O6S. The van der Waals surface area contributed by atoms with Crippen LogP contribution in [-0.4, -0.2) is 55.1 Å². The average Bonchev–Trinajstić information content (AvgIpc) is 3.23. The normalized spacial score (nSPS) is 13.7. The number of carbonyl (C=O) groups is 1. The number of anilines is 1. The van der Waals surface area contributed by atoms with Crippen molar-refractivity contribution < 1.29 is 27.1 Å². The average molecular weight is 432 g/mol. The van der Waals surface area contributed by atoms with Gasteiger partial charge in [0.25, 0.3) is 11.8 Å². The molecule has 1 aromatic carbocycles. The highest BCUT2D eigenvalue weighted by atomic mass is 32.2. The van der Waals surface area contributed by atoms with Crippen LogP contribution in [0.1, 0.15) is 16.2 Å². The van der Waals surface area contributed by atoms with Crippen LogP contribution in [0.2, 0.25) is 0 Å². The van der Waals surface area contributed by atoms with Crippen molar-refractivity contribution in [2.75, 3.05) is 31.6 Å². The molecule has 1 N–H and O–H groups in total. The van der Waals surface area contributed by atoms with Gasteiger partial charge in [0.15, 0.2) is 0 Å². The van der Waals surface area contributed by atoms with Gasteiger partial charge in [-0.15, -0.1) is 18.3 Å². The fourth-order valence-corrected chi connectivity index (χ4v) is 3.89. The lowest BCUT2D eigenvalue weighted by Crippen LogP contribution is -2.31. The van der Waals surface area contributed by atoms with E-state index in [0.29, 0.717) is 13.2 Å². The summed E-state index contributed by atoms with van der Waals surface area (Å²) in [7, 11) is -3.75. The zero-order valence-electron chi connectivity index (χ0n) is 16.0. The largest absolute Gasteiger partial charge is 0.494 e. The Bertz CT molecular complexity index is 1050. The molecule has 0 saturated carbocycles. The topological polar surface area (TPSA) is 124 Å². The molecule has 0 spiro atoms. The Morgan fingerprint density at radius 2 is 1.83 bits per heavy atom. The number of amides is 1. The summed E-state index contributed by atoms with van der Waals surface area (Å²) in [6.07, 6.45) is 4.33. The molecule has 30 heavy (non-hydrogen) atoms. The number of sulfonamides is 1. The van der Waals surface area contributed by atoms with Gasteiger partial charge in [-0.3, -0.25) is 10.1 Å². The van der Waals surface area contributed by atoms with Crippen molar-refractivity contribution in [3.63, 3.8) is 0 Å². The Balaban J connectivity index is 1.71. The first-order valence-corrected chi connectivity index (χ1v) is 10.3. The molecule has 0 unspecified atom stereocenters. The first kappa shape index (κ1) is 21.3. The predicted molar refractivity (Wildman–Crippen MR) is 108 cm³/mol. The van der Waals surface area contributed by atoms with E-state index in [4.69, 9.17) is 13.9 Å². The number of benzene rings is 1. The van der Waals surface area contributed by atoms with E-state index in [-0.39, 0.29) is 41.2 Å². The third-order valence-corrected chi connectivity index (χ3v) is 5.77. The highest BCUT2D eigenvalue weighted by molar-refractivity contribution is 7.89. The number of nitrogens with zero attached hydrogens (tertiary/aromatic N) is 3. The molecule has 0 bridgehead atoms. The molecule has 0 atom stereocenters. The number of ether oxygens (including phenoxy) is 2. The van der Waals surface area contributed by atoms with Crippen LogP contribution in [0.25, 0.3) is 5.76 Å². The van der Waals surface area contributed by atoms with E-state index >= 15 is 0 Å². The summed E-state index contributed by atoms with van der Waals surface area (Å²) in [6, 6.07) is 5.34. The van der Waals surface area contributed by atoms with Gasteiger partial charge in [-0.2, -0.15) is 4.31 Å². The van der Waals surface area contributed by atoms with Gasteiger partial charge < -0.3 is 13.9 Å². The fraction of sp³-hybridized carbons (Fsp3) is 0.211. The van der Waals surface area contributed by atoms with Crippen molar-refractivity contribution in [2.45, 2.75) is 4.90 Å². The van der Waals surface area contributed by atoms with Crippen LogP contribution in [0.5, 0.6) is 0 Å². The van der Waals surface area contributed by atoms with Crippen molar-refractivity contribution >= 4 is 27.7 Å². The first-order chi connectivity index (χ1) is 14.5. The van der Waals surface area contributed by atoms with Crippen molar-refractivity contribution in [3.05, 3.63) is 67.3 Å². The predicted octanol–water partition coefficient (Wildman–Crippen LogP) is 2.03. The van der Waals surface area contributed by atoms with Crippen LogP contribution in [0.15, 0.2) is 65.2 Å². The maximum absolute atomic E-state index is 12.7. The molecule has 1 aliphatic heterocycles. The number of aromatic nitrogens is 2. The zero-order valence-corrected chi connectivity index (χ0v) is 16.8. The van der Waals surface area contributed by atoms with E-state index in [1.165, 1.54) is 47.0 Å². The smallest absolute Gasteiger partial charge is 0.322 e. The van der Waals surface area contributed by atoms with Gasteiger partial charge in [0.2, 0.25) is 15.8 Å². The molecule has 3 rings (SSSR count). The quantitative estimate of drug-likeness (QED) is 0.597. The van der Waals surface area contributed by atoms with E-state index in [1.54, 1.807) is 0 Å². The molecule has 11 heteroatoms. The maximum atomic E-state index is 12.7. The molecule has 1 amide bonds. The van der Waals surface area contributed by atoms with Gasteiger partial charge in [0.1, 0.15) is 19.5 Å². The van der Waals surface area contributed by atoms with E-state index in [0.717, 1.165) is 0 Å². The Morgan fingerprint density at radius 3 is 2.43 bits per heavy atom. The molecule has 158 valence electrons. The van der Waals surface area contributed by atoms with Crippen LogP contribution in [0, 0.1) is 0 Å². The van der Waals surface area contributed by atoms with Crippen LogP contribution in [0.3, 0.4) is 0 Å². The van der Waals surface area contributed by atoms with Gasteiger partial charge >= 0.3 is 6.01 Å². The van der Waals surface area contributed by atoms with E-state index in [2.05, 4.69) is 28.7 Å². The van der Waals surface area contributed by atoms with Crippen molar-refractivity contribution in [3.8, 4) is 0 Å². The summed E-state index contributed by atoms with van der Waals surface area (Å²) in [5, 5.41) is 9.96. The molecule has 2 heterocycles. The SMILES string of the molecule is C=CCN(CC=C)S(=O)(=O)c1ccc(C(=O)Nc2nnc(C3=COCCO3)o2)cc1. The summed E-state index contributed by atoms with van der Waals surface area (Å²) >= 11 is 0. The molecule has 0 aliphatic carbocycles. The van der Waals surface area contributed by atoms with E-state index in [1.807, 2.05) is 0 Å². The Kier molecular flexibility index (Phi) is 6.65. The molecule has 0 radical (unpaired) electrons. The number of carbonyl (C=O) groups excluding carboxylic acids is 1. The highest BCUT2D eigenvalue weighted by Crippen LogP contribution is 2.20. The monoisotopic (exact) mass is 432 g/mol. The second-order valence-electron chi connectivity index (χ2n) is 5.99. The molecule has 10 nitrogen and oxygen atoms in total. The highest BCUT2D eigenvalue weighted by Gasteiger charge is 2.23. The lowest BCUT2D eigenvalue weighted by Gasteiger charge is -2.19. The minimum atomic E-state index is -3.75. The van der Waals surface area contributed by atoms with Crippen molar-refractivity contribution in [2.24, 2.45) is 0 Å². The fourth-order valence-electron chi connectivity index (χ4n) is 2.51. The van der Waals surface area contributed by atoms with Crippen LogP contribution >= 0.6 is 0 Å². The Hall–Kier alpha value is -3.44. The molecule has 0 fully saturated rings. The lowest BCUT2D eigenvalue weighted by molar-refractivity contribution is 0.102. The minimum absolute atomic E-state index is 0.0456. The van der Waals surface area contributed by atoms with Crippen LogP contribution in [-0.2, 0) is 19.5 Å². The number of rotatable bonds is 9. The third kappa shape index (κ3) is 4.75. The maximum Gasteiger partial charge on any atom is 0.322 e. The second-order valence-corrected chi connectivity index (χ2v) is 7.93. The molecular weight excluding hydrogens is 412 g/mol. The second kappa shape index (κ2) is 9.37. The first-order valence-electron chi connectivity index (χ1n) is 8.87. The Morgan fingerprint density at radius 1 is 1.13 bits per heavy atom. The molecule has 1 aliphatic rings. The number of nitrogens with one attached hydrogen (secondary N) is 1. The van der Waals surface area contributed by atoms with Gasteiger partial charge in [-0.05, 0) is 24.3 Å². The van der Waals surface area contributed by atoms with Gasteiger partial charge in [0, 0.05) is 18.7 Å². The molecule has 0 saturated heterocycles. The van der Waals surface area contributed by atoms with Crippen molar-refractivity contribution in [1.82, 2.24) is 14.5 Å². The van der Waals surface area contributed by atoms with Crippen LogP contribution in [0.4, 0.5) is 6.01 Å². The third-order valence-electron chi connectivity index (χ3n) is 3.93. The number of hydrogen-bond donors (Lipinski definition) is 1. The zero-order chi connectivity index (χ0) is 21.6. The summed E-state index contributed by atoms with van der Waals surface area (Å²) in [5.41, 5.74) is 0.212. The van der Waals surface area contributed by atoms with Gasteiger partial charge in [0.05, 0.1) is 4.90 Å². The standard InChI is InChI=1S/C19H20N4O6S/c1-3-9-23(10-4-2)30(25,26)15-7-5-14(6-8-15)17(24)20-19-22-21-18(29-19)16-13-27-11-12-28-16/h3-8,13H,1-2,9-12H2,(H,20,22,24). The summed E-state index contributed by atoms with van der Waals surface area (Å²) < 4.78 is 42.4. The molecule has 2 aromatic rings. The van der Waals surface area contributed by atoms with E-state index < -0.39 is 15.9 Å².